The maximum Gasteiger partial charge on any atom is 0.455 e. The van der Waals surface area contributed by atoms with Crippen LogP contribution >= 0.6 is 11.6 Å². The van der Waals surface area contributed by atoms with Crippen molar-refractivity contribution in [3.05, 3.63) is 34.9 Å². The topological polar surface area (TPSA) is 26.0 Å². The molecule has 0 spiro atoms. The molecule has 1 atom stereocenters. The van der Waals surface area contributed by atoms with Crippen LogP contribution < -0.4 is 5.73 Å². The highest BCUT2D eigenvalue weighted by Crippen LogP contribution is 2.43. The van der Waals surface area contributed by atoms with Crippen molar-refractivity contribution in [2.75, 3.05) is 0 Å². The van der Waals surface area contributed by atoms with E-state index < -0.39 is 18.1 Å². The highest BCUT2D eigenvalue weighted by molar-refractivity contribution is 6.30. The van der Waals surface area contributed by atoms with Gasteiger partial charge in [0.1, 0.15) is 6.04 Å². The van der Waals surface area contributed by atoms with Crippen LogP contribution in [0.15, 0.2) is 24.3 Å². The number of alkyl halides is 5. The summed E-state index contributed by atoms with van der Waals surface area (Å²) < 4.78 is 61.7. The van der Waals surface area contributed by atoms with Crippen LogP contribution in [0.25, 0.3) is 0 Å². The zero-order valence-electron chi connectivity index (χ0n) is 7.73. The molecule has 0 radical (unpaired) electrons. The van der Waals surface area contributed by atoms with E-state index in [4.69, 9.17) is 17.3 Å². The van der Waals surface area contributed by atoms with Gasteiger partial charge in [-0.3, -0.25) is 0 Å². The van der Waals surface area contributed by atoms with E-state index in [0.717, 1.165) is 12.1 Å². The second-order valence-electron chi connectivity index (χ2n) is 3.15. The van der Waals surface area contributed by atoms with Crippen molar-refractivity contribution in [3.63, 3.8) is 0 Å². The molecule has 0 fully saturated rings. The van der Waals surface area contributed by atoms with Gasteiger partial charge in [-0.25, -0.2) is 0 Å². The first-order chi connectivity index (χ1) is 7.16. The van der Waals surface area contributed by atoms with E-state index in [2.05, 4.69) is 0 Å². The van der Waals surface area contributed by atoms with Crippen molar-refractivity contribution in [2.24, 2.45) is 5.73 Å². The Hall–Kier alpha value is -0.880. The molecule has 0 bridgehead atoms. The highest BCUT2D eigenvalue weighted by atomic mass is 35.5. The van der Waals surface area contributed by atoms with Crippen LogP contribution in [-0.4, -0.2) is 12.1 Å². The van der Waals surface area contributed by atoms with E-state index in [0.29, 0.717) is 0 Å². The lowest BCUT2D eigenvalue weighted by atomic mass is 10.0. The maximum atomic E-state index is 12.8. The van der Waals surface area contributed by atoms with Gasteiger partial charge in [0, 0.05) is 5.02 Å². The molecule has 16 heavy (non-hydrogen) atoms. The smallest absolute Gasteiger partial charge is 0.319 e. The average molecular weight is 260 g/mol. The molecular weight excluding hydrogens is 253 g/mol. The van der Waals surface area contributed by atoms with Gasteiger partial charge in [-0.15, -0.1) is 0 Å². The van der Waals surface area contributed by atoms with Gasteiger partial charge in [-0.05, 0) is 17.7 Å². The minimum Gasteiger partial charge on any atom is -0.319 e. The van der Waals surface area contributed by atoms with Gasteiger partial charge in [-0.1, -0.05) is 23.7 Å². The number of benzene rings is 1. The molecule has 0 aromatic heterocycles. The summed E-state index contributed by atoms with van der Waals surface area (Å²) in [5, 5.41) is 0.0472. The summed E-state index contributed by atoms with van der Waals surface area (Å²) in [6, 6.07) is 2.18. The number of rotatable bonds is 2. The number of nitrogens with two attached hydrogens (primary N) is 1. The number of hydrogen-bond donors (Lipinski definition) is 1. The molecule has 0 aliphatic heterocycles. The monoisotopic (exact) mass is 259 g/mol. The van der Waals surface area contributed by atoms with Crippen LogP contribution in [0.5, 0.6) is 0 Å². The van der Waals surface area contributed by atoms with Gasteiger partial charge in [0.15, 0.2) is 0 Å². The quantitative estimate of drug-likeness (QED) is 0.808. The van der Waals surface area contributed by atoms with Crippen molar-refractivity contribution in [3.8, 4) is 0 Å². The van der Waals surface area contributed by atoms with Crippen molar-refractivity contribution < 1.29 is 22.0 Å². The lowest BCUT2D eigenvalue weighted by Crippen LogP contribution is -2.45. The van der Waals surface area contributed by atoms with E-state index >= 15 is 0 Å². The van der Waals surface area contributed by atoms with Crippen LogP contribution in [-0.2, 0) is 0 Å². The largest absolute Gasteiger partial charge is 0.455 e. The van der Waals surface area contributed by atoms with Gasteiger partial charge in [0.2, 0.25) is 0 Å². The van der Waals surface area contributed by atoms with E-state index in [1.54, 1.807) is 0 Å². The third kappa shape index (κ3) is 2.44. The summed E-state index contributed by atoms with van der Waals surface area (Å²) in [6.07, 6.45) is -5.69. The van der Waals surface area contributed by atoms with E-state index in [9.17, 15) is 22.0 Å². The summed E-state index contributed by atoms with van der Waals surface area (Å²) in [4.78, 5) is 0. The average Bonchev–Trinajstić information content (AvgIpc) is 2.14. The van der Waals surface area contributed by atoms with Crippen LogP contribution in [0.3, 0.4) is 0 Å². The summed E-state index contributed by atoms with van der Waals surface area (Å²) in [5.41, 5.74) is 4.53. The molecule has 2 N–H and O–H groups in total. The van der Waals surface area contributed by atoms with Gasteiger partial charge in [0.05, 0.1) is 0 Å². The van der Waals surface area contributed by atoms with Crippen LogP contribution in [0.4, 0.5) is 22.0 Å². The number of halogens is 6. The molecule has 0 aliphatic rings. The Kier molecular flexibility index (Phi) is 3.44. The Morgan fingerprint density at radius 3 is 2.12 bits per heavy atom. The lowest BCUT2D eigenvalue weighted by Gasteiger charge is -2.25. The molecular formula is C9H7ClF5N. The number of hydrogen-bond acceptors (Lipinski definition) is 1. The Balaban J connectivity index is 3.07. The standard InChI is InChI=1S/C9H7ClF5N/c10-6-3-1-2-5(4-6)7(16)8(11,12)9(13,14)15/h1-4,7H,16H2/t7-/m0/s1. The molecule has 0 saturated heterocycles. The molecule has 0 heterocycles. The van der Waals surface area contributed by atoms with Crippen molar-refractivity contribution >= 4 is 11.6 Å². The first-order valence-corrected chi connectivity index (χ1v) is 4.49. The lowest BCUT2D eigenvalue weighted by molar-refractivity contribution is -0.291. The Morgan fingerprint density at radius 2 is 1.69 bits per heavy atom. The van der Waals surface area contributed by atoms with Crippen LogP contribution in [0, 0.1) is 0 Å². The normalized spacial score (nSPS) is 14.9. The second-order valence-corrected chi connectivity index (χ2v) is 3.59. The molecule has 1 aromatic rings. The van der Waals surface area contributed by atoms with E-state index in [1.165, 1.54) is 12.1 Å². The van der Waals surface area contributed by atoms with Crippen LogP contribution in [0.2, 0.25) is 5.02 Å². The summed E-state index contributed by atoms with van der Waals surface area (Å²) in [6.45, 7) is 0. The van der Waals surface area contributed by atoms with Crippen molar-refractivity contribution in [2.45, 2.75) is 18.1 Å². The minimum atomic E-state index is -5.69. The van der Waals surface area contributed by atoms with Crippen LogP contribution in [0.1, 0.15) is 11.6 Å². The third-order valence-corrected chi connectivity index (χ3v) is 2.21. The molecule has 0 amide bonds. The molecule has 90 valence electrons. The minimum absolute atomic E-state index is 0.0472. The summed E-state index contributed by atoms with van der Waals surface area (Å²) in [7, 11) is 0. The predicted octanol–water partition coefficient (Wildman–Crippen LogP) is 3.54. The van der Waals surface area contributed by atoms with E-state index in [1.807, 2.05) is 0 Å². The third-order valence-electron chi connectivity index (χ3n) is 1.98. The Labute approximate surface area is 93.0 Å². The Morgan fingerprint density at radius 1 is 1.12 bits per heavy atom. The maximum absolute atomic E-state index is 12.8. The molecule has 1 rings (SSSR count). The fourth-order valence-corrected chi connectivity index (χ4v) is 1.28. The summed E-state index contributed by atoms with van der Waals surface area (Å²) in [5.74, 6) is -4.99. The van der Waals surface area contributed by atoms with Crippen molar-refractivity contribution in [1.29, 1.82) is 0 Å². The highest BCUT2D eigenvalue weighted by Gasteiger charge is 2.61. The molecule has 0 saturated carbocycles. The zero-order valence-corrected chi connectivity index (χ0v) is 8.49. The fourth-order valence-electron chi connectivity index (χ4n) is 1.09. The van der Waals surface area contributed by atoms with Gasteiger partial charge < -0.3 is 5.73 Å². The second kappa shape index (κ2) is 4.18. The van der Waals surface area contributed by atoms with Gasteiger partial charge in [-0.2, -0.15) is 22.0 Å². The summed E-state index contributed by atoms with van der Waals surface area (Å²) >= 11 is 5.47. The molecule has 0 aliphatic carbocycles. The van der Waals surface area contributed by atoms with Crippen molar-refractivity contribution in [1.82, 2.24) is 0 Å². The predicted molar refractivity (Wildman–Crippen MR) is 49.4 cm³/mol. The van der Waals surface area contributed by atoms with Gasteiger partial charge in [0.25, 0.3) is 0 Å². The first kappa shape index (κ1) is 13.2. The van der Waals surface area contributed by atoms with Gasteiger partial charge >= 0.3 is 12.1 Å². The van der Waals surface area contributed by atoms with E-state index in [-0.39, 0.29) is 10.6 Å². The molecule has 1 nitrogen and oxygen atoms in total. The molecule has 1 aromatic carbocycles. The fraction of sp³-hybridized carbons (Fsp3) is 0.333. The SMILES string of the molecule is N[C@@H](c1cccc(Cl)c1)C(F)(F)C(F)(F)F. The Bertz CT molecular complexity index is 376. The zero-order chi connectivity index (χ0) is 12.6. The molecule has 7 heteroatoms. The first-order valence-electron chi connectivity index (χ1n) is 4.12. The molecule has 0 unspecified atom stereocenters.